The van der Waals surface area contributed by atoms with Crippen molar-refractivity contribution in [2.24, 2.45) is 0 Å². The molecule has 0 spiro atoms. The molecule has 0 atom stereocenters. The Balaban J connectivity index is 2.20. The zero-order valence-electron chi connectivity index (χ0n) is 13.0. The van der Waals surface area contributed by atoms with Gasteiger partial charge in [-0.05, 0) is 49.6 Å². The lowest BCUT2D eigenvalue weighted by Gasteiger charge is -2.29. The van der Waals surface area contributed by atoms with E-state index in [1.807, 2.05) is 12.1 Å². The lowest BCUT2D eigenvalue weighted by atomic mass is 9.95. The van der Waals surface area contributed by atoms with Gasteiger partial charge in [-0.1, -0.05) is 55.1 Å². The first kappa shape index (κ1) is 14.4. The number of para-hydroxylation sites is 1. The predicted molar refractivity (Wildman–Crippen MR) is 96.3 cm³/mol. The molecule has 0 aromatic heterocycles. The molecule has 1 heteroatoms. The largest absolute Gasteiger partial charge is 0.310 e. The Morgan fingerprint density at radius 2 is 1.91 bits per heavy atom. The standard InChI is InChI=1S/C21H21N/c1-3-18(4-2)22(19-13-6-5-7-14-19)21-16-10-12-17-11-8-9-15-20(17)21/h3-7,9-10,12-16H,1,8,11H2,2H3/b18-4+. The van der Waals surface area contributed by atoms with Crippen LogP contribution in [0, 0.1) is 0 Å². The first-order valence-corrected chi connectivity index (χ1v) is 7.77. The van der Waals surface area contributed by atoms with E-state index >= 15 is 0 Å². The number of hydrogen-bond acceptors (Lipinski definition) is 1. The number of benzene rings is 2. The Hall–Kier alpha value is -2.54. The molecule has 110 valence electrons. The molecule has 1 nitrogen and oxygen atoms in total. The molecule has 0 saturated heterocycles. The SMILES string of the molecule is C=C/C(=C\C)N(c1ccccc1)c1cccc2c1C=CCC2. The lowest BCUT2D eigenvalue weighted by Crippen LogP contribution is -2.17. The minimum Gasteiger partial charge on any atom is -0.310 e. The van der Waals surface area contributed by atoms with Gasteiger partial charge in [-0.3, -0.25) is 0 Å². The summed E-state index contributed by atoms with van der Waals surface area (Å²) in [5.41, 5.74) is 6.20. The third-order valence-corrected chi connectivity index (χ3v) is 4.06. The van der Waals surface area contributed by atoms with Crippen LogP contribution in [0.25, 0.3) is 6.08 Å². The fourth-order valence-corrected chi connectivity index (χ4v) is 2.99. The second-order valence-corrected chi connectivity index (χ2v) is 5.38. The van der Waals surface area contributed by atoms with Crippen molar-refractivity contribution in [3.05, 3.63) is 90.2 Å². The van der Waals surface area contributed by atoms with Crippen LogP contribution in [0.1, 0.15) is 24.5 Å². The Morgan fingerprint density at radius 3 is 2.64 bits per heavy atom. The molecule has 22 heavy (non-hydrogen) atoms. The molecule has 2 aromatic carbocycles. The second-order valence-electron chi connectivity index (χ2n) is 5.38. The van der Waals surface area contributed by atoms with Gasteiger partial charge >= 0.3 is 0 Å². The second kappa shape index (κ2) is 6.48. The van der Waals surface area contributed by atoms with Crippen molar-refractivity contribution in [2.75, 3.05) is 4.90 Å². The van der Waals surface area contributed by atoms with Gasteiger partial charge in [0.15, 0.2) is 0 Å². The summed E-state index contributed by atoms with van der Waals surface area (Å²) < 4.78 is 0. The highest BCUT2D eigenvalue weighted by Gasteiger charge is 2.17. The van der Waals surface area contributed by atoms with Gasteiger partial charge in [0.25, 0.3) is 0 Å². The van der Waals surface area contributed by atoms with Crippen molar-refractivity contribution in [2.45, 2.75) is 19.8 Å². The highest BCUT2D eigenvalue weighted by Crippen LogP contribution is 2.36. The molecule has 0 radical (unpaired) electrons. The summed E-state index contributed by atoms with van der Waals surface area (Å²) in [7, 11) is 0. The molecule has 0 heterocycles. The number of aryl methyl sites for hydroxylation is 1. The van der Waals surface area contributed by atoms with Gasteiger partial charge in [0.1, 0.15) is 0 Å². The summed E-state index contributed by atoms with van der Waals surface area (Å²) in [6, 6.07) is 17.0. The summed E-state index contributed by atoms with van der Waals surface area (Å²) >= 11 is 0. The van der Waals surface area contributed by atoms with Crippen molar-refractivity contribution in [3.63, 3.8) is 0 Å². The maximum atomic E-state index is 3.99. The minimum atomic E-state index is 1.10. The van der Waals surface area contributed by atoms with Gasteiger partial charge in [0.2, 0.25) is 0 Å². The highest BCUT2D eigenvalue weighted by molar-refractivity contribution is 5.80. The molecule has 0 amide bonds. The number of rotatable bonds is 4. The van der Waals surface area contributed by atoms with Crippen LogP contribution >= 0.6 is 0 Å². The normalized spacial score (nSPS) is 13.6. The first-order valence-electron chi connectivity index (χ1n) is 7.77. The van der Waals surface area contributed by atoms with Crippen LogP contribution in [-0.2, 0) is 6.42 Å². The number of anilines is 2. The predicted octanol–water partition coefficient (Wildman–Crippen LogP) is 5.87. The molecule has 0 N–H and O–H groups in total. The summed E-state index contributed by atoms with van der Waals surface area (Å²) in [6.45, 7) is 6.04. The van der Waals surface area contributed by atoms with Crippen LogP contribution in [0.4, 0.5) is 11.4 Å². The zero-order valence-corrected chi connectivity index (χ0v) is 13.0. The average molecular weight is 287 g/mol. The number of fused-ring (bicyclic) bond motifs is 1. The summed E-state index contributed by atoms with van der Waals surface area (Å²) in [5, 5.41) is 0. The number of hydrogen-bond donors (Lipinski definition) is 0. The van der Waals surface area contributed by atoms with E-state index < -0.39 is 0 Å². The summed E-state index contributed by atoms with van der Waals surface area (Å²) in [6.07, 6.45) is 10.8. The molecule has 0 unspecified atom stereocenters. The molecule has 2 aromatic rings. The fourth-order valence-electron chi connectivity index (χ4n) is 2.99. The van der Waals surface area contributed by atoms with E-state index in [0.717, 1.165) is 24.2 Å². The topological polar surface area (TPSA) is 3.24 Å². The van der Waals surface area contributed by atoms with E-state index in [1.54, 1.807) is 0 Å². The molecule has 3 rings (SSSR count). The molecule has 0 saturated carbocycles. The van der Waals surface area contributed by atoms with Crippen LogP contribution in [0.15, 0.2) is 79.0 Å². The minimum absolute atomic E-state index is 1.10. The van der Waals surface area contributed by atoms with Crippen LogP contribution in [-0.4, -0.2) is 0 Å². The smallest absolute Gasteiger partial charge is 0.0536 e. The maximum Gasteiger partial charge on any atom is 0.0536 e. The molecule has 0 bridgehead atoms. The Labute approximate surface area is 132 Å². The Bertz CT molecular complexity index is 723. The highest BCUT2D eigenvalue weighted by atomic mass is 15.1. The molecular formula is C21H21N. The maximum absolute atomic E-state index is 3.99. The van der Waals surface area contributed by atoms with Crippen molar-refractivity contribution in [1.29, 1.82) is 0 Å². The molecule has 1 aliphatic carbocycles. The van der Waals surface area contributed by atoms with E-state index in [4.69, 9.17) is 0 Å². The van der Waals surface area contributed by atoms with Crippen molar-refractivity contribution in [1.82, 2.24) is 0 Å². The number of allylic oxidation sites excluding steroid dienone is 3. The third-order valence-electron chi connectivity index (χ3n) is 4.06. The van der Waals surface area contributed by atoms with Gasteiger partial charge in [-0.15, -0.1) is 0 Å². The van der Waals surface area contributed by atoms with E-state index in [2.05, 4.69) is 79.1 Å². The van der Waals surface area contributed by atoms with Gasteiger partial charge in [0, 0.05) is 16.9 Å². The van der Waals surface area contributed by atoms with Crippen LogP contribution < -0.4 is 4.90 Å². The Morgan fingerprint density at radius 1 is 1.09 bits per heavy atom. The van der Waals surface area contributed by atoms with Gasteiger partial charge < -0.3 is 4.90 Å². The van der Waals surface area contributed by atoms with Gasteiger partial charge in [-0.2, -0.15) is 0 Å². The van der Waals surface area contributed by atoms with E-state index in [9.17, 15) is 0 Å². The fraction of sp³-hybridized carbons (Fsp3) is 0.143. The quantitative estimate of drug-likeness (QED) is 0.635. The van der Waals surface area contributed by atoms with Crippen LogP contribution in [0.5, 0.6) is 0 Å². The molecule has 0 aliphatic heterocycles. The van der Waals surface area contributed by atoms with Gasteiger partial charge in [-0.25, -0.2) is 0 Å². The molecule has 1 aliphatic rings. The van der Waals surface area contributed by atoms with Crippen molar-refractivity contribution >= 4 is 17.5 Å². The molecule has 0 fully saturated rings. The lowest BCUT2D eigenvalue weighted by molar-refractivity contribution is 0.982. The van der Waals surface area contributed by atoms with Crippen LogP contribution in [0.3, 0.4) is 0 Å². The van der Waals surface area contributed by atoms with Crippen LogP contribution in [0.2, 0.25) is 0 Å². The zero-order chi connectivity index (χ0) is 15.4. The van der Waals surface area contributed by atoms with E-state index in [1.165, 1.54) is 16.8 Å². The Kier molecular flexibility index (Phi) is 4.24. The molecular weight excluding hydrogens is 266 g/mol. The van der Waals surface area contributed by atoms with E-state index in [-0.39, 0.29) is 0 Å². The monoisotopic (exact) mass is 287 g/mol. The van der Waals surface area contributed by atoms with Crippen molar-refractivity contribution in [3.8, 4) is 0 Å². The van der Waals surface area contributed by atoms with Crippen molar-refractivity contribution < 1.29 is 0 Å². The summed E-state index contributed by atoms with van der Waals surface area (Å²) in [4.78, 5) is 2.28. The van der Waals surface area contributed by atoms with E-state index in [0.29, 0.717) is 0 Å². The average Bonchev–Trinajstić information content (AvgIpc) is 2.60. The number of nitrogens with zero attached hydrogens (tertiary/aromatic N) is 1. The van der Waals surface area contributed by atoms with Gasteiger partial charge in [0.05, 0.1) is 5.69 Å². The summed E-state index contributed by atoms with van der Waals surface area (Å²) in [5.74, 6) is 0. The first-order chi connectivity index (χ1) is 10.8. The third kappa shape index (κ3) is 2.62.